The smallest absolute Gasteiger partial charge is 0.330 e. The average molecular weight is 247 g/mol. The molecule has 3 heteroatoms. The molecular weight excluding hydrogens is 226 g/mol. The van der Waals surface area contributed by atoms with Crippen LogP contribution >= 0.6 is 0 Å². The largest absolute Gasteiger partial charge is 0.462 e. The Labute approximate surface area is 109 Å². The summed E-state index contributed by atoms with van der Waals surface area (Å²) >= 11 is 0. The number of rotatable bonds is 8. The summed E-state index contributed by atoms with van der Waals surface area (Å²) in [6, 6.07) is 9.70. The molecule has 0 saturated heterocycles. The Kier molecular flexibility index (Phi) is 7.57. The fraction of sp³-hybridized carbons (Fsp3) is 0.400. The van der Waals surface area contributed by atoms with Crippen molar-refractivity contribution in [3.63, 3.8) is 0 Å². The molecule has 1 rings (SSSR count). The van der Waals surface area contributed by atoms with Gasteiger partial charge in [-0.1, -0.05) is 37.3 Å². The van der Waals surface area contributed by atoms with Crippen LogP contribution in [0.15, 0.2) is 36.4 Å². The van der Waals surface area contributed by atoms with Gasteiger partial charge in [0.1, 0.15) is 0 Å². The summed E-state index contributed by atoms with van der Waals surface area (Å²) < 4.78 is 5.08. The number of carbonyl (C=O) groups is 1. The van der Waals surface area contributed by atoms with Crippen LogP contribution in [0.4, 0.5) is 0 Å². The number of hydrogen-bond donors (Lipinski definition) is 1. The highest BCUT2D eigenvalue weighted by molar-refractivity contribution is 5.86. The lowest BCUT2D eigenvalue weighted by atomic mass is 10.2. The maximum absolute atomic E-state index is 11.4. The maximum atomic E-state index is 11.4. The Balaban J connectivity index is 2.12. The molecule has 0 unspecified atom stereocenters. The van der Waals surface area contributed by atoms with Gasteiger partial charge in [0.25, 0.3) is 0 Å². The average Bonchev–Trinajstić information content (AvgIpc) is 2.41. The second-order valence-corrected chi connectivity index (χ2v) is 4.02. The van der Waals surface area contributed by atoms with Crippen LogP contribution < -0.4 is 5.32 Å². The fourth-order valence-corrected chi connectivity index (χ4v) is 1.45. The minimum Gasteiger partial charge on any atom is -0.462 e. The van der Waals surface area contributed by atoms with E-state index in [1.54, 1.807) is 6.08 Å². The van der Waals surface area contributed by atoms with Gasteiger partial charge in [-0.3, -0.25) is 0 Å². The van der Waals surface area contributed by atoms with Crippen molar-refractivity contribution in [1.29, 1.82) is 0 Å². The van der Waals surface area contributed by atoms with Crippen molar-refractivity contribution in [2.24, 2.45) is 0 Å². The van der Waals surface area contributed by atoms with E-state index in [-0.39, 0.29) is 5.97 Å². The zero-order chi connectivity index (χ0) is 13.1. The molecular formula is C15H21NO2. The third-order valence-electron chi connectivity index (χ3n) is 2.38. The molecule has 0 amide bonds. The van der Waals surface area contributed by atoms with Crippen LogP contribution in [-0.4, -0.2) is 25.7 Å². The number of hydrogen-bond acceptors (Lipinski definition) is 3. The molecule has 1 aromatic carbocycles. The molecule has 18 heavy (non-hydrogen) atoms. The van der Waals surface area contributed by atoms with Gasteiger partial charge in [-0.25, -0.2) is 4.79 Å². The minimum atomic E-state index is -0.283. The first kappa shape index (κ1) is 14.5. The van der Waals surface area contributed by atoms with Crippen LogP contribution in [0.5, 0.6) is 0 Å². The molecule has 0 fully saturated rings. The summed E-state index contributed by atoms with van der Waals surface area (Å²) in [5.74, 6) is -0.283. The Hall–Kier alpha value is -1.61. The molecule has 0 aliphatic carbocycles. The standard InChI is InChI=1S/C15H21NO2/c1-2-11-16-12-6-13-18-15(17)10-9-14-7-4-3-5-8-14/h3-5,7-10,16H,2,6,11-13H2,1H3/b10-9+. The monoisotopic (exact) mass is 247 g/mol. The van der Waals surface area contributed by atoms with E-state index in [0.29, 0.717) is 6.61 Å². The lowest BCUT2D eigenvalue weighted by molar-refractivity contribution is -0.137. The zero-order valence-corrected chi connectivity index (χ0v) is 10.9. The Morgan fingerprint density at radius 3 is 2.78 bits per heavy atom. The Morgan fingerprint density at radius 1 is 1.28 bits per heavy atom. The second-order valence-electron chi connectivity index (χ2n) is 4.02. The van der Waals surface area contributed by atoms with Crippen molar-refractivity contribution in [3.8, 4) is 0 Å². The zero-order valence-electron chi connectivity index (χ0n) is 10.9. The van der Waals surface area contributed by atoms with Crippen LogP contribution in [0.2, 0.25) is 0 Å². The molecule has 0 aromatic heterocycles. The van der Waals surface area contributed by atoms with Gasteiger partial charge in [-0.05, 0) is 37.6 Å². The molecule has 0 bridgehead atoms. The van der Waals surface area contributed by atoms with Gasteiger partial charge in [0.15, 0.2) is 0 Å². The summed E-state index contributed by atoms with van der Waals surface area (Å²) in [6.45, 7) is 4.50. The van der Waals surface area contributed by atoms with Crippen molar-refractivity contribution in [2.75, 3.05) is 19.7 Å². The van der Waals surface area contributed by atoms with E-state index in [9.17, 15) is 4.79 Å². The number of esters is 1. The summed E-state index contributed by atoms with van der Waals surface area (Å²) in [6.07, 6.45) is 5.21. The molecule has 0 spiro atoms. The molecule has 98 valence electrons. The Bertz CT molecular complexity index is 360. The van der Waals surface area contributed by atoms with Gasteiger partial charge in [-0.2, -0.15) is 0 Å². The molecule has 0 heterocycles. The van der Waals surface area contributed by atoms with E-state index < -0.39 is 0 Å². The van der Waals surface area contributed by atoms with Crippen molar-refractivity contribution < 1.29 is 9.53 Å². The first-order valence-electron chi connectivity index (χ1n) is 6.43. The van der Waals surface area contributed by atoms with E-state index in [4.69, 9.17) is 4.74 Å². The van der Waals surface area contributed by atoms with Gasteiger partial charge >= 0.3 is 5.97 Å². The predicted molar refractivity (Wildman–Crippen MR) is 74.2 cm³/mol. The summed E-state index contributed by atoms with van der Waals surface area (Å²) in [5.41, 5.74) is 0.999. The molecule has 0 saturated carbocycles. The van der Waals surface area contributed by atoms with E-state index in [1.165, 1.54) is 6.08 Å². The van der Waals surface area contributed by atoms with Crippen LogP contribution in [0.25, 0.3) is 6.08 Å². The highest BCUT2D eigenvalue weighted by Gasteiger charge is 1.96. The SMILES string of the molecule is CCCNCCCOC(=O)/C=C/c1ccccc1. The molecule has 1 N–H and O–H groups in total. The molecule has 1 aromatic rings. The summed E-state index contributed by atoms with van der Waals surface area (Å²) in [5, 5.41) is 3.26. The summed E-state index contributed by atoms with van der Waals surface area (Å²) in [4.78, 5) is 11.4. The van der Waals surface area contributed by atoms with Crippen molar-refractivity contribution in [2.45, 2.75) is 19.8 Å². The van der Waals surface area contributed by atoms with Crippen molar-refractivity contribution >= 4 is 12.0 Å². The number of carbonyl (C=O) groups excluding carboxylic acids is 1. The molecule has 0 aliphatic heterocycles. The van der Waals surface area contributed by atoms with E-state index in [2.05, 4.69) is 12.2 Å². The third-order valence-corrected chi connectivity index (χ3v) is 2.38. The van der Waals surface area contributed by atoms with Crippen molar-refractivity contribution in [1.82, 2.24) is 5.32 Å². The molecule has 3 nitrogen and oxygen atoms in total. The van der Waals surface area contributed by atoms with Crippen LogP contribution in [0.1, 0.15) is 25.3 Å². The predicted octanol–water partition coefficient (Wildman–Crippen LogP) is 2.63. The fourth-order valence-electron chi connectivity index (χ4n) is 1.45. The molecule has 0 aliphatic rings. The number of ether oxygens (including phenoxy) is 1. The van der Waals surface area contributed by atoms with E-state index in [1.807, 2.05) is 30.3 Å². The van der Waals surface area contributed by atoms with Crippen molar-refractivity contribution in [3.05, 3.63) is 42.0 Å². The van der Waals surface area contributed by atoms with Crippen LogP contribution in [0.3, 0.4) is 0 Å². The van der Waals surface area contributed by atoms with Gasteiger partial charge < -0.3 is 10.1 Å². The summed E-state index contributed by atoms with van der Waals surface area (Å²) in [7, 11) is 0. The maximum Gasteiger partial charge on any atom is 0.330 e. The van der Waals surface area contributed by atoms with Gasteiger partial charge in [0.2, 0.25) is 0 Å². The number of benzene rings is 1. The van der Waals surface area contributed by atoms with Gasteiger partial charge in [0.05, 0.1) is 6.61 Å². The van der Waals surface area contributed by atoms with Gasteiger partial charge in [-0.15, -0.1) is 0 Å². The first-order chi connectivity index (χ1) is 8.83. The van der Waals surface area contributed by atoms with Gasteiger partial charge in [0, 0.05) is 6.08 Å². The lowest BCUT2D eigenvalue weighted by Crippen LogP contribution is -2.18. The van der Waals surface area contributed by atoms with Crippen LogP contribution in [-0.2, 0) is 9.53 Å². The first-order valence-corrected chi connectivity index (χ1v) is 6.43. The highest BCUT2D eigenvalue weighted by Crippen LogP contribution is 2.01. The third kappa shape index (κ3) is 6.86. The lowest BCUT2D eigenvalue weighted by Gasteiger charge is -2.03. The number of nitrogens with one attached hydrogen (secondary N) is 1. The molecule has 0 radical (unpaired) electrons. The normalized spacial score (nSPS) is 10.7. The highest BCUT2D eigenvalue weighted by atomic mass is 16.5. The minimum absolute atomic E-state index is 0.283. The quantitative estimate of drug-likeness (QED) is 0.436. The second kappa shape index (κ2) is 9.42. The molecule has 0 atom stereocenters. The van der Waals surface area contributed by atoms with E-state index >= 15 is 0 Å². The Morgan fingerprint density at radius 2 is 2.06 bits per heavy atom. The van der Waals surface area contributed by atoms with E-state index in [0.717, 1.165) is 31.5 Å². The topological polar surface area (TPSA) is 38.3 Å². The van der Waals surface area contributed by atoms with Crippen LogP contribution in [0, 0.1) is 0 Å².